The number of aromatic nitrogens is 2. The highest BCUT2D eigenvalue weighted by Crippen LogP contribution is 2.30. The van der Waals surface area contributed by atoms with Crippen molar-refractivity contribution < 1.29 is 24.2 Å². The second-order valence-electron chi connectivity index (χ2n) is 9.66. The summed E-state index contributed by atoms with van der Waals surface area (Å²) in [7, 11) is 0. The number of ether oxygens (including phenoxy) is 1. The topological polar surface area (TPSA) is 128 Å². The number of anilines is 3. The minimum atomic E-state index is -1.21. The highest BCUT2D eigenvalue weighted by molar-refractivity contribution is 7.14. The molecule has 222 valence electrons. The highest BCUT2D eigenvalue weighted by Gasteiger charge is 2.24. The van der Waals surface area contributed by atoms with E-state index < -0.39 is 12.1 Å². The van der Waals surface area contributed by atoms with Crippen LogP contribution in [0.2, 0.25) is 0 Å². The molecule has 0 atom stereocenters. The van der Waals surface area contributed by atoms with Crippen LogP contribution in [-0.4, -0.2) is 70.7 Å². The van der Waals surface area contributed by atoms with E-state index in [2.05, 4.69) is 15.3 Å². The average Bonchev–Trinajstić information content (AvgIpc) is 3.68. The molecule has 3 heterocycles. The number of thiophene rings is 1. The van der Waals surface area contributed by atoms with Crippen molar-refractivity contribution in [2.45, 2.75) is 40.5 Å². The van der Waals surface area contributed by atoms with Gasteiger partial charge in [-0.25, -0.2) is 14.6 Å². The fourth-order valence-corrected chi connectivity index (χ4v) is 5.38. The molecule has 0 bridgehead atoms. The molecule has 3 aromatic rings. The number of benzene rings is 1. The molecule has 12 heteroatoms. The van der Waals surface area contributed by atoms with Crippen molar-refractivity contribution in [2.24, 2.45) is 0 Å². The van der Waals surface area contributed by atoms with Gasteiger partial charge in [-0.15, -0.1) is 11.3 Å². The first-order chi connectivity index (χ1) is 20.2. The largest absolute Gasteiger partial charge is 0.477 e. The number of aryl methyl sites for hydroxylation is 1. The molecule has 2 amide bonds. The van der Waals surface area contributed by atoms with Gasteiger partial charge in [0.25, 0.3) is 5.91 Å². The van der Waals surface area contributed by atoms with Crippen LogP contribution in [0.3, 0.4) is 0 Å². The minimum Gasteiger partial charge on any atom is -0.477 e. The van der Waals surface area contributed by atoms with Gasteiger partial charge < -0.3 is 29.9 Å². The molecule has 0 spiro atoms. The lowest BCUT2D eigenvalue weighted by Gasteiger charge is -2.25. The number of hydrogen-bond donors (Lipinski definition) is 2. The molecule has 0 unspecified atom stereocenters. The molecule has 1 aromatic carbocycles. The van der Waals surface area contributed by atoms with E-state index in [-0.39, 0.29) is 17.4 Å². The van der Waals surface area contributed by atoms with E-state index in [1.54, 1.807) is 41.4 Å². The van der Waals surface area contributed by atoms with Crippen LogP contribution in [0.15, 0.2) is 48.3 Å². The minimum absolute atomic E-state index is 0.155. The number of likely N-dealkylation sites (tertiary alicyclic amines) is 1. The van der Waals surface area contributed by atoms with Gasteiger partial charge in [0, 0.05) is 37.6 Å². The Balaban J connectivity index is 1.65. The maximum Gasteiger partial charge on any atom is 0.415 e. The number of nitrogens with zero attached hydrogens (tertiary/aromatic N) is 5. The van der Waals surface area contributed by atoms with Crippen molar-refractivity contribution in [3.05, 3.63) is 63.6 Å². The third kappa shape index (κ3) is 7.24. The normalized spacial score (nSPS) is 13.1. The Morgan fingerprint density at radius 3 is 2.31 bits per heavy atom. The smallest absolute Gasteiger partial charge is 0.415 e. The van der Waals surface area contributed by atoms with Crippen molar-refractivity contribution in [1.29, 1.82) is 0 Å². The van der Waals surface area contributed by atoms with Gasteiger partial charge in [0.05, 0.1) is 11.1 Å². The summed E-state index contributed by atoms with van der Waals surface area (Å²) in [4.78, 5) is 54.0. The number of carbonyl (C=O) groups is 3. The molecule has 0 saturated carbocycles. The van der Waals surface area contributed by atoms with Crippen molar-refractivity contribution >= 4 is 52.8 Å². The van der Waals surface area contributed by atoms with Crippen molar-refractivity contribution in [1.82, 2.24) is 14.9 Å². The van der Waals surface area contributed by atoms with E-state index in [4.69, 9.17) is 4.74 Å². The number of carboxylic acids is 1. The zero-order chi connectivity index (χ0) is 30.2. The Morgan fingerprint density at radius 2 is 1.74 bits per heavy atom. The van der Waals surface area contributed by atoms with Crippen LogP contribution >= 0.6 is 11.3 Å². The molecule has 1 saturated heterocycles. The zero-order valence-corrected chi connectivity index (χ0v) is 25.1. The quantitative estimate of drug-likeness (QED) is 0.278. The van der Waals surface area contributed by atoms with Gasteiger partial charge in [0.1, 0.15) is 17.1 Å². The average molecular weight is 593 g/mol. The number of rotatable bonds is 11. The van der Waals surface area contributed by atoms with Crippen LogP contribution in [0.25, 0.3) is 6.08 Å². The van der Waals surface area contributed by atoms with Crippen molar-refractivity contribution in [3.8, 4) is 5.75 Å². The van der Waals surface area contributed by atoms with Crippen LogP contribution < -0.4 is 19.9 Å². The Kier molecular flexibility index (Phi) is 10.1. The Labute approximate surface area is 249 Å². The number of carbonyl (C=O) groups excluding carboxylic acids is 2. The lowest BCUT2D eigenvalue weighted by atomic mass is 10.2. The van der Waals surface area contributed by atoms with Gasteiger partial charge in [0.2, 0.25) is 5.95 Å². The highest BCUT2D eigenvalue weighted by atomic mass is 32.1. The van der Waals surface area contributed by atoms with E-state index in [9.17, 15) is 19.5 Å². The van der Waals surface area contributed by atoms with E-state index in [0.717, 1.165) is 17.7 Å². The first kappa shape index (κ1) is 30.5. The van der Waals surface area contributed by atoms with Crippen molar-refractivity contribution in [2.75, 3.05) is 47.8 Å². The summed E-state index contributed by atoms with van der Waals surface area (Å²) in [6.07, 6.45) is 4.54. The molecule has 0 radical (unpaired) electrons. The van der Waals surface area contributed by atoms with Gasteiger partial charge in [-0.1, -0.05) is 12.1 Å². The lowest BCUT2D eigenvalue weighted by molar-refractivity contribution is -0.132. The van der Waals surface area contributed by atoms with Crippen LogP contribution in [0.5, 0.6) is 5.75 Å². The number of nitrogens with one attached hydrogen (secondary N) is 1. The molecule has 4 rings (SSSR count). The molecule has 1 fully saturated rings. The van der Waals surface area contributed by atoms with E-state index in [0.29, 0.717) is 60.5 Å². The first-order valence-corrected chi connectivity index (χ1v) is 14.8. The van der Waals surface area contributed by atoms with E-state index in [1.807, 2.05) is 38.7 Å². The maximum atomic E-state index is 13.4. The molecular formula is C30H36N6O5S. The fraction of sp³-hybridized carbons (Fsp3) is 0.367. The van der Waals surface area contributed by atoms with Gasteiger partial charge >= 0.3 is 12.1 Å². The summed E-state index contributed by atoms with van der Waals surface area (Å²) in [6.45, 7) is 10.7. The SMILES string of the molecule is CCN(CC)c1ncc(N(CC)C(=O)c2ccc(C)s2)c(N/C(=C/c2ccc(OC(=O)N3CCCC3)cc2)C(=O)O)n1. The molecule has 42 heavy (non-hydrogen) atoms. The number of carboxylic acid groups (broad SMARTS) is 1. The van der Waals surface area contributed by atoms with Gasteiger partial charge in [-0.2, -0.15) is 4.98 Å². The molecule has 2 N–H and O–H groups in total. The van der Waals surface area contributed by atoms with Crippen LogP contribution in [0.1, 0.15) is 53.7 Å². The summed E-state index contributed by atoms with van der Waals surface area (Å²) in [5.74, 6) is -0.456. The third-order valence-corrected chi connectivity index (χ3v) is 7.84. The third-order valence-electron chi connectivity index (χ3n) is 6.85. The monoisotopic (exact) mass is 592 g/mol. The number of hydrogen-bond acceptors (Lipinski definition) is 9. The summed E-state index contributed by atoms with van der Waals surface area (Å²) < 4.78 is 5.45. The summed E-state index contributed by atoms with van der Waals surface area (Å²) in [5, 5.41) is 13.1. The fourth-order valence-electron chi connectivity index (χ4n) is 4.56. The van der Waals surface area contributed by atoms with Gasteiger partial charge in [-0.3, -0.25) is 4.79 Å². The standard InChI is InChI=1S/C30H36N6O5S/c1-5-34(6-2)29-31-19-24(36(7-3)27(37)25-15-10-20(4)42-25)26(33-29)32-23(28(38)39)18-21-11-13-22(14-12-21)41-30(40)35-16-8-9-17-35/h10-15,18-19H,5-9,16-17H2,1-4H3,(H,38,39)(H,31,32,33)/b23-18+. The molecule has 11 nitrogen and oxygen atoms in total. The molecule has 2 aromatic heterocycles. The second kappa shape index (κ2) is 13.9. The molecule has 1 aliphatic rings. The second-order valence-corrected chi connectivity index (χ2v) is 10.9. The van der Waals surface area contributed by atoms with Gasteiger partial charge in [0.15, 0.2) is 5.82 Å². The van der Waals surface area contributed by atoms with Crippen molar-refractivity contribution in [3.63, 3.8) is 0 Å². The van der Waals surface area contributed by atoms with Crippen LogP contribution in [0, 0.1) is 6.92 Å². The molecular weight excluding hydrogens is 556 g/mol. The Morgan fingerprint density at radius 1 is 1.05 bits per heavy atom. The Bertz CT molecular complexity index is 1440. The predicted octanol–water partition coefficient (Wildman–Crippen LogP) is 5.49. The Hall–Kier alpha value is -4.45. The zero-order valence-electron chi connectivity index (χ0n) is 24.3. The first-order valence-electron chi connectivity index (χ1n) is 14.0. The maximum absolute atomic E-state index is 13.4. The molecule has 1 aliphatic heterocycles. The van der Waals surface area contributed by atoms with Crippen LogP contribution in [-0.2, 0) is 4.79 Å². The summed E-state index contributed by atoms with van der Waals surface area (Å²) in [5.41, 5.74) is 0.774. The summed E-state index contributed by atoms with van der Waals surface area (Å²) in [6, 6.07) is 10.2. The lowest BCUT2D eigenvalue weighted by Crippen LogP contribution is -2.32. The number of amides is 2. The van der Waals surface area contributed by atoms with Gasteiger partial charge in [-0.05, 0) is 76.4 Å². The van der Waals surface area contributed by atoms with E-state index >= 15 is 0 Å². The molecule has 0 aliphatic carbocycles. The summed E-state index contributed by atoms with van der Waals surface area (Å²) >= 11 is 1.39. The van der Waals surface area contributed by atoms with Crippen LogP contribution in [0.4, 0.5) is 22.2 Å². The number of aliphatic carboxylic acids is 1. The van der Waals surface area contributed by atoms with E-state index in [1.165, 1.54) is 22.3 Å². The predicted molar refractivity (Wildman–Crippen MR) is 165 cm³/mol.